The molecule has 0 unspecified atom stereocenters. The largest absolute Gasteiger partial charge is 0.492 e. The summed E-state index contributed by atoms with van der Waals surface area (Å²) in [5, 5.41) is 3.26. The molecule has 2 aromatic carbocycles. The summed E-state index contributed by atoms with van der Waals surface area (Å²) in [6.45, 7) is 7.12. The van der Waals surface area contributed by atoms with Gasteiger partial charge in [0.2, 0.25) is 5.91 Å². The molecule has 0 aliphatic rings. The third-order valence-corrected chi connectivity index (χ3v) is 4.46. The van der Waals surface area contributed by atoms with Gasteiger partial charge in [-0.25, -0.2) is 4.98 Å². The maximum absolute atomic E-state index is 12.4. The molecule has 3 rings (SSSR count). The van der Waals surface area contributed by atoms with E-state index in [0.717, 1.165) is 5.75 Å². The Morgan fingerprint density at radius 3 is 2.54 bits per heavy atom. The third-order valence-electron chi connectivity index (χ3n) is 4.46. The van der Waals surface area contributed by atoms with E-state index in [1.807, 2.05) is 30.3 Å². The highest BCUT2D eigenvalue weighted by atomic mass is 16.5. The number of fused-ring (bicyclic) bond motifs is 1. The molecule has 0 atom stereocenters. The number of ether oxygens (including phenoxy) is 1. The van der Waals surface area contributed by atoms with Gasteiger partial charge in [0, 0.05) is 0 Å². The van der Waals surface area contributed by atoms with Crippen LogP contribution < -0.4 is 15.6 Å². The molecule has 0 fully saturated rings. The standard InChI is InChI=1S/C22H25N3O3/c1-22(2,3)16-8-10-17(11-9-16)28-13-12-23-20(26)14-25-15-24-19-7-5-4-6-18(19)21(25)27/h4-11,15H,12-14H2,1-3H3,(H,23,26). The quantitative estimate of drug-likeness (QED) is 0.669. The van der Waals surface area contributed by atoms with Crippen LogP contribution >= 0.6 is 0 Å². The minimum atomic E-state index is -0.258. The number of rotatable bonds is 6. The van der Waals surface area contributed by atoms with E-state index < -0.39 is 0 Å². The van der Waals surface area contributed by atoms with Crippen molar-refractivity contribution in [1.82, 2.24) is 14.9 Å². The molecule has 1 aromatic heterocycles. The van der Waals surface area contributed by atoms with Crippen molar-refractivity contribution in [3.8, 4) is 5.75 Å². The van der Waals surface area contributed by atoms with Gasteiger partial charge in [-0.1, -0.05) is 45.0 Å². The van der Waals surface area contributed by atoms with Crippen LogP contribution in [0.15, 0.2) is 59.7 Å². The molecule has 0 bridgehead atoms. The summed E-state index contributed by atoms with van der Waals surface area (Å²) >= 11 is 0. The number of benzene rings is 2. The van der Waals surface area contributed by atoms with E-state index in [4.69, 9.17) is 4.74 Å². The van der Waals surface area contributed by atoms with Crippen LogP contribution in [0.5, 0.6) is 5.75 Å². The van der Waals surface area contributed by atoms with E-state index in [1.165, 1.54) is 16.5 Å². The van der Waals surface area contributed by atoms with Gasteiger partial charge in [0.25, 0.3) is 5.56 Å². The van der Waals surface area contributed by atoms with Crippen LogP contribution in [0.4, 0.5) is 0 Å². The molecule has 1 N–H and O–H groups in total. The predicted octanol–water partition coefficient (Wildman–Crippen LogP) is 2.89. The van der Waals surface area contributed by atoms with Gasteiger partial charge in [-0.2, -0.15) is 0 Å². The van der Waals surface area contributed by atoms with Crippen molar-refractivity contribution in [3.63, 3.8) is 0 Å². The van der Waals surface area contributed by atoms with E-state index in [0.29, 0.717) is 24.1 Å². The minimum Gasteiger partial charge on any atom is -0.492 e. The highest BCUT2D eigenvalue weighted by Gasteiger charge is 2.13. The predicted molar refractivity (Wildman–Crippen MR) is 110 cm³/mol. The van der Waals surface area contributed by atoms with Crippen molar-refractivity contribution in [2.75, 3.05) is 13.2 Å². The summed E-state index contributed by atoms with van der Waals surface area (Å²) in [5.41, 5.74) is 1.73. The maximum Gasteiger partial charge on any atom is 0.261 e. The molecule has 6 heteroatoms. The van der Waals surface area contributed by atoms with Gasteiger partial charge >= 0.3 is 0 Å². The zero-order chi connectivity index (χ0) is 20.1. The van der Waals surface area contributed by atoms with Crippen molar-refractivity contribution in [1.29, 1.82) is 0 Å². The Hall–Kier alpha value is -3.15. The monoisotopic (exact) mass is 379 g/mol. The molecule has 0 aliphatic heterocycles. The fourth-order valence-corrected chi connectivity index (χ4v) is 2.84. The molecule has 0 saturated carbocycles. The lowest BCUT2D eigenvalue weighted by Gasteiger charge is -2.19. The van der Waals surface area contributed by atoms with Crippen LogP contribution in [0.1, 0.15) is 26.3 Å². The number of hydrogen-bond acceptors (Lipinski definition) is 4. The molecule has 0 saturated heterocycles. The first-order valence-electron chi connectivity index (χ1n) is 9.29. The second-order valence-electron chi connectivity index (χ2n) is 7.67. The number of nitrogens with one attached hydrogen (secondary N) is 1. The summed E-state index contributed by atoms with van der Waals surface area (Å²) in [6.07, 6.45) is 1.40. The molecular formula is C22H25N3O3. The lowest BCUT2D eigenvalue weighted by atomic mass is 9.87. The number of para-hydroxylation sites is 1. The number of aromatic nitrogens is 2. The number of hydrogen-bond donors (Lipinski definition) is 1. The number of carbonyl (C=O) groups is 1. The van der Waals surface area contributed by atoms with Gasteiger partial charge in [-0.15, -0.1) is 0 Å². The molecule has 0 aliphatic carbocycles. The normalized spacial score (nSPS) is 11.4. The Morgan fingerprint density at radius 2 is 1.82 bits per heavy atom. The van der Waals surface area contributed by atoms with Gasteiger partial charge in [0.15, 0.2) is 0 Å². The fourth-order valence-electron chi connectivity index (χ4n) is 2.84. The maximum atomic E-state index is 12.4. The Morgan fingerprint density at radius 1 is 1.11 bits per heavy atom. The van der Waals surface area contributed by atoms with Crippen LogP contribution in [-0.4, -0.2) is 28.6 Å². The van der Waals surface area contributed by atoms with Crippen LogP contribution in [0.2, 0.25) is 0 Å². The lowest BCUT2D eigenvalue weighted by molar-refractivity contribution is -0.121. The van der Waals surface area contributed by atoms with Gasteiger partial charge in [-0.3, -0.25) is 14.2 Å². The first-order chi connectivity index (χ1) is 13.3. The Bertz CT molecular complexity index is 1020. The van der Waals surface area contributed by atoms with Crippen molar-refractivity contribution in [3.05, 3.63) is 70.8 Å². The highest BCUT2D eigenvalue weighted by molar-refractivity contribution is 5.78. The van der Waals surface area contributed by atoms with Gasteiger partial charge in [-0.05, 0) is 35.2 Å². The fraction of sp³-hybridized carbons (Fsp3) is 0.318. The lowest BCUT2D eigenvalue weighted by Crippen LogP contribution is -2.34. The number of nitrogens with zero attached hydrogens (tertiary/aromatic N) is 2. The summed E-state index contributed by atoms with van der Waals surface area (Å²) < 4.78 is 6.97. The molecular weight excluding hydrogens is 354 g/mol. The van der Waals surface area contributed by atoms with E-state index in [-0.39, 0.29) is 23.4 Å². The van der Waals surface area contributed by atoms with Crippen molar-refractivity contribution in [2.45, 2.75) is 32.7 Å². The molecule has 146 valence electrons. The number of carbonyl (C=O) groups excluding carboxylic acids is 1. The molecule has 28 heavy (non-hydrogen) atoms. The number of amides is 1. The summed E-state index contributed by atoms with van der Waals surface area (Å²) in [5.74, 6) is 0.503. The summed E-state index contributed by atoms with van der Waals surface area (Å²) in [7, 11) is 0. The second kappa shape index (κ2) is 8.25. The average molecular weight is 379 g/mol. The minimum absolute atomic E-state index is 0.0725. The van der Waals surface area contributed by atoms with Crippen LogP contribution in [0, 0.1) is 0 Å². The second-order valence-corrected chi connectivity index (χ2v) is 7.67. The average Bonchev–Trinajstić information content (AvgIpc) is 2.67. The zero-order valence-electron chi connectivity index (χ0n) is 16.4. The van der Waals surface area contributed by atoms with Crippen LogP contribution in [0.3, 0.4) is 0 Å². The Balaban J connectivity index is 1.49. The van der Waals surface area contributed by atoms with E-state index in [1.54, 1.807) is 18.2 Å². The first-order valence-corrected chi connectivity index (χ1v) is 9.29. The third kappa shape index (κ3) is 4.76. The molecule has 6 nitrogen and oxygen atoms in total. The SMILES string of the molecule is CC(C)(C)c1ccc(OCCNC(=O)Cn2cnc3ccccc3c2=O)cc1. The van der Waals surface area contributed by atoms with Crippen molar-refractivity contribution in [2.24, 2.45) is 0 Å². The first kappa shape index (κ1) is 19.6. The Kier molecular flexibility index (Phi) is 5.78. The molecule has 3 aromatic rings. The van der Waals surface area contributed by atoms with E-state index in [9.17, 15) is 9.59 Å². The highest BCUT2D eigenvalue weighted by Crippen LogP contribution is 2.24. The molecule has 0 radical (unpaired) electrons. The topological polar surface area (TPSA) is 73.2 Å². The van der Waals surface area contributed by atoms with Crippen molar-refractivity contribution >= 4 is 16.8 Å². The van der Waals surface area contributed by atoms with E-state index in [2.05, 4.69) is 31.1 Å². The van der Waals surface area contributed by atoms with Gasteiger partial charge in [0.1, 0.15) is 18.9 Å². The van der Waals surface area contributed by atoms with Crippen LogP contribution in [0.25, 0.3) is 10.9 Å². The van der Waals surface area contributed by atoms with Gasteiger partial charge < -0.3 is 10.1 Å². The summed E-state index contributed by atoms with van der Waals surface area (Å²) in [4.78, 5) is 28.7. The molecule has 1 amide bonds. The summed E-state index contributed by atoms with van der Waals surface area (Å²) in [6, 6.07) is 15.0. The van der Waals surface area contributed by atoms with Crippen molar-refractivity contribution < 1.29 is 9.53 Å². The molecule has 1 heterocycles. The zero-order valence-corrected chi connectivity index (χ0v) is 16.4. The van der Waals surface area contributed by atoms with Crippen LogP contribution in [-0.2, 0) is 16.8 Å². The Labute approximate surface area is 164 Å². The smallest absolute Gasteiger partial charge is 0.261 e. The van der Waals surface area contributed by atoms with E-state index >= 15 is 0 Å². The molecule has 0 spiro atoms. The van der Waals surface area contributed by atoms with Gasteiger partial charge in [0.05, 0.1) is 23.8 Å².